The smallest absolute Gasteiger partial charge is 0.158 e. The number of aromatic nitrogens is 2. The van der Waals surface area contributed by atoms with Crippen molar-refractivity contribution in [3.8, 4) is 11.3 Å². The Kier molecular flexibility index (Phi) is 5.91. The number of aromatic amines is 1. The first kappa shape index (κ1) is 21.5. The number of benzene rings is 2. The number of anilines is 1. The summed E-state index contributed by atoms with van der Waals surface area (Å²) in [6.45, 7) is 5.39. The van der Waals surface area contributed by atoms with Crippen molar-refractivity contribution in [1.82, 2.24) is 15.1 Å². The predicted octanol–water partition coefficient (Wildman–Crippen LogP) is 4.69. The minimum atomic E-state index is -0.132. The van der Waals surface area contributed by atoms with Crippen molar-refractivity contribution in [2.75, 3.05) is 44.3 Å². The zero-order valence-corrected chi connectivity index (χ0v) is 19.9. The number of likely N-dealkylation sites (tertiary alicyclic amines) is 1. The fourth-order valence-corrected chi connectivity index (χ4v) is 5.65. The van der Waals surface area contributed by atoms with Gasteiger partial charge in [0.05, 0.1) is 30.5 Å². The SMILES string of the molecule is O=C(Cc1ccc2[nH]nc(-c3ccc(N4CCOCC4)cc3)c2c1)C(c1ccsc1)N1CCC1. The van der Waals surface area contributed by atoms with Gasteiger partial charge in [0.25, 0.3) is 0 Å². The largest absolute Gasteiger partial charge is 0.378 e. The van der Waals surface area contributed by atoms with E-state index in [2.05, 4.69) is 67.2 Å². The van der Waals surface area contributed by atoms with Crippen LogP contribution in [-0.4, -0.2) is 60.3 Å². The van der Waals surface area contributed by atoms with Crippen LogP contribution >= 0.6 is 11.3 Å². The maximum atomic E-state index is 13.4. The standard InChI is InChI=1S/C27H28N4O2S/c32-25(27(31-9-1-10-31)21-8-15-34-18-21)17-19-2-7-24-23(16-19)26(29-28-24)20-3-5-22(6-4-20)30-11-13-33-14-12-30/h2-8,15-16,18,27H,1,9-14,17H2,(H,28,29). The van der Waals surface area contributed by atoms with Gasteiger partial charge in [0.15, 0.2) is 5.78 Å². The predicted molar refractivity (Wildman–Crippen MR) is 137 cm³/mol. The van der Waals surface area contributed by atoms with Crippen molar-refractivity contribution in [1.29, 1.82) is 0 Å². The highest BCUT2D eigenvalue weighted by atomic mass is 32.1. The topological polar surface area (TPSA) is 61.5 Å². The van der Waals surface area contributed by atoms with Gasteiger partial charge < -0.3 is 9.64 Å². The van der Waals surface area contributed by atoms with Crippen LogP contribution in [-0.2, 0) is 16.0 Å². The molecule has 2 aliphatic heterocycles. The summed E-state index contributed by atoms with van der Waals surface area (Å²) in [5.41, 5.74) is 6.36. The molecule has 2 saturated heterocycles. The number of rotatable bonds is 7. The Bertz CT molecular complexity index is 1270. The first-order chi connectivity index (χ1) is 16.8. The molecule has 4 aromatic rings. The maximum absolute atomic E-state index is 13.4. The number of thiophene rings is 1. The van der Waals surface area contributed by atoms with Crippen LogP contribution in [0.25, 0.3) is 22.2 Å². The van der Waals surface area contributed by atoms with Gasteiger partial charge in [0.1, 0.15) is 0 Å². The molecule has 1 atom stereocenters. The van der Waals surface area contributed by atoms with E-state index in [1.807, 2.05) is 12.1 Å². The van der Waals surface area contributed by atoms with E-state index in [1.54, 1.807) is 11.3 Å². The van der Waals surface area contributed by atoms with E-state index in [9.17, 15) is 4.79 Å². The number of carbonyl (C=O) groups is 1. The van der Waals surface area contributed by atoms with Crippen LogP contribution in [0.5, 0.6) is 0 Å². The lowest BCUT2D eigenvalue weighted by molar-refractivity contribution is -0.125. The van der Waals surface area contributed by atoms with Crippen LogP contribution in [0.4, 0.5) is 5.69 Å². The van der Waals surface area contributed by atoms with Gasteiger partial charge in [-0.05, 0) is 58.6 Å². The van der Waals surface area contributed by atoms with Crippen LogP contribution in [0.3, 0.4) is 0 Å². The summed E-state index contributed by atoms with van der Waals surface area (Å²) in [5, 5.41) is 13.0. The molecule has 4 heterocycles. The van der Waals surface area contributed by atoms with Gasteiger partial charge in [-0.25, -0.2) is 0 Å². The van der Waals surface area contributed by atoms with Crippen molar-refractivity contribution < 1.29 is 9.53 Å². The van der Waals surface area contributed by atoms with Gasteiger partial charge in [-0.3, -0.25) is 14.8 Å². The van der Waals surface area contributed by atoms with E-state index in [-0.39, 0.29) is 11.8 Å². The van der Waals surface area contributed by atoms with Crippen LogP contribution in [0.2, 0.25) is 0 Å². The number of hydrogen-bond acceptors (Lipinski definition) is 6. The Morgan fingerprint density at radius 2 is 1.88 bits per heavy atom. The van der Waals surface area contributed by atoms with Crippen molar-refractivity contribution >= 4 is 33.7 Å². The maximum Gasteiger partial charge on any atom is 0.158 e. The van der Waals surface area contributed by atoms with Crippen molar-refractivity contribution in [3.63, 3.8) is 0 Å². The number of carbonyl (C=O) groups excluding carboxylic acids is 1. The molecule has 1 unspecified atom stereocenters. The second kappa shape index (κ2) is 9.33. The van der Waals surface area contributed by atoms with E-state index in [4.69, 9.17) is 4.74 Å². The lowest BCUT2D eigenvalue weighted by atomic mass is 9.95. The number of hydrogen-bond donors (Lipinski definition) is 1. The lowest BCUT2D eigenvalue weighted by Gasteiger charge is -2.37. The summed E-state index contributed by atoms with van der Waals surface area (Å²) >= 11 is 1.66. The molecule has 0 radical (unpaired) electrons. The quantitative estimate of drug-likeness (QED) is 0.423. The van der Waals surface area contributed by atoms with Crippen LogP contribution < -0.4 is 4.90 Å². The highest BCUT2D eigenvalue weighted by Gasteiger charge is 2.31. The fraction of sp³-hybridized carbons (Fsp3) is 0.333. The molecule has 0 bridgehead atoms. The number of ether oxygens (including phenoxy) is 1. The Morgan fingerprint density at radius 1 is 1.06 bits per heavy atom. The van der Waals surface area contributed by atoms with Crippen molar-refractivity contribution in [2.45, 2.75) is 18.9 Å². The molecular weight excluding hydrogens is 444 g/mol. The van der Waals surface area contributed by atoms with Crippen LogP contribution in [0.15, 0.2) is 59.3 Å². The molecular formula is C27H28N4O2S. The number of fused-ring (bicyclic) bond motifs is 1. The lowest BCUT2D eigenvalue weighted by Crippen LogP contribution is -2.43. The highest BCUT2D eigenvalue weighted by molar-refractivity contribution is 7.08. The van der Waals surface area contributed by atoms with Gasteiger partial charge in [-0.1, -0.05) is 18.2 Å². The normalized spacial score (nSPS) is 17.6. The Morgan fingerprint density at radius 3 is 2.59 bits per heavy atom. The Labute approximate surface area is 203 Å². The number of morpholine rings is 1. The second-order valence-electron chi connectivity index (χ2n) is 9.09. The van der Waals surface area contributed by atoms with Gasteiger partial charge in [-0.15, -0.1) is 0 Å². The third kappa shape index (κ3) is 4.15. The van der Waals surface area contributed by atoms with Gasteiger partial charge in [0, 0.05) is 49.2 Å². The van der Waals surface area contributed by atoms with Crippen LogP contribution in [0.1, 0.15) is 23.6 Å². The minimum absolute atomic E-state index is 0.132. The average Bonchev–Trinajstić information content (AvgIpc) is 3.52. The summed E-state index contributed by atoms with van der Waals surface area (Å²) in [7, 11) is 0. The molecule has 7 heteroatoms. The van der Waals surface area contributed by atoms with Crippen molar-refractivity contribution in [2.24, 2.45) is 0 Å². The molecule has 0 saturated carbocycles. The zero-order valence-electron chi connectivity index (χ0n) is 19.1. The second-order valence-corrected chi connectivity index (χ2v) is 9.87. The van der Waals surface area contributed by atoms with Crippen molar-refractivity contribution in [3.05, 3.63) is 70.4 Å². The van der Waals surface area contributed by atoms with Crippen LogP contribution in [0, 0.1) is 0 Å². The van der Waals surface area contributed by atoms with E-state index in [1.165, 1.54) is 12.1 Å². The molecule has 2 aromatic carbocycles. The Balaban J connectivity index is 1.25. The summed E-state index contributed by atoms with van der Waals surface area (Å²) in [6, 6.07) is 16.8. The summed E-state index contributed by atoms with van der Waals surface area (Å²) in [4.78, 5) is 18.0. The summed E-state index contributed by atoms with van der Waals surface area (Å²) < 4.78 is 5.47. The van der Waals surface area contributed by atoms with E-state index in [0.717, 1.165) is 72.7 Å². The number of nitrogens with one attached hydrogen (secondary N) is 1. The van der Waals surface area contributed by atoms with E-state index in [0.29, 0.717) is 6.42 Å². The van der Waals surface area contributed by atoms with Gasteiger partial charge in [-0.2, -0.15) is 16.4 Å². The summed E-state index contributed by atoms with van der Waals surface area (Å²) in [6.07, 6.45) is 1.59. The monoisotopic (exact) mass is 472 g/mol. The minimum Gasteiger partial charge on any atom is -0.378 e. The van der Waals surface area contributed by atoms with Gasteiger partial charge >= 0.3 is 0 Å². The van der Waals surface area contributed by atoms with E-state index < -0.39 is 0 Å². The Hall–Kier alpha value is -3.00. The molecule has 6 rings (SSSR count). The molecule has 6 nitrogen and oxygen atoms in total. The zero-order chi connectivity index (χ0) is 22.9. The average molecular weight is 473 g/mol. The number of Topliss-reactive ketones (excluding diaryl/α,β-unsaturated/α-hetero) is 1. The molecule has 0 spiro atoms. The molecule has 2 aromatic heterocycles. The van der Waals surface area contributed by atoms with Gasteiger partial charge in [0.2, 0.25) is 0 Å². The number of H-pyrrole nitrogens is 1. The molecule has 2 aliphatic rings. The fourth-order valence-electron chi connectivity index (χ4n) is 4.97. The third-order valence-corrected chi connectivity index (χ3v) is 7.64. The first-order valence-electron chi connectivity index (χ1n) is 12.0. The first-order valence-corrected chi connectivity index (χ1v) is 12.9. The molecule has 34 heavy (non-hydrogen) atoms. The number of nitrogens with zero attached hydrogens (tertiary/aromatic N) is 3. The third-order valence-electron chi connectivity index (χ3n) is 6.94. The molecule has 0 aliphatic carbocycles. The van der Waals surface area contributed by atoms with E-state index >= 15 is 0 Å². The molecule has 2 fully saturated rings. The number of ketones is 1. The molecule has 174 valence electrons. The summed E-state index contributed by atoms with van der Waals surface area (Å²) in [5.74, 6) is 0.261. The molecule has 1 N–H and O–H groups in total. The highest BCUT2D eigenvalue weighted by Crippen LogP contribution is 2.32. The molecule has 0 amide bonds.